The molecule has 2 aromatic carbocycles. The van der Waals surface area contributed by atoms with E-state index in [0.29, 0.717) is 11.3 Å². The first kappa shape index (κ1) is 13.9. The quantitative estimate of drug-likeness (QED) is 0.678. The predicted molar refractivity (Wildman–Crippen MR) is 69.9 cm³/mol. The summed E-state index contributed by atoms with van der Waals surface area (Å²) in [6, 6.07) is 8.38. The lowest BCUT2D eigenvalue weighted by molar-refractivity contribution is 0.104. The molecule has 0 aliphatic heterocycles. The van der Waals surface area contributed by atoms with Gasteiger partial charge in [0.25, 0.3) is 0 Å². The van der Waals surface area contributed by atoms with Crippen LogP contribution in [0.3, 0.4) is 0 Å². The number of benzene rings is 2. The molecule has 2 aromatic rings. The van der Waals surface area contributed by atoms with Crippen LogP contribution in [0, 0.1) is 17.5 Å². The van der Waals surface area contributed by atoms with Crippen molar-refractivity contribution in [3.8, 4) is 0 Å². The highest BCUT2D eigenvalue weighted by molar-refractivity contribution is 6.04. The molecule has 0 aliphatic rings. The zero-order chi connectivity index (χ0) is 14.5. The molecule has 0 saturated carbocycles. The molecule has 1 N–H and O–H groups in total. The van der Waals surface area contributed by atoms with Gasteiger partial charge in [-0.15, -0.1) is 0 Å². The van der Waals surface area contributed by atoms with Gasteiger partial charge in [0.15, 0.2) is 17.4 Å². The molecule has 0 fully saturated rings. The summed E-state index contributed by atoms with van der Waals surface area (Å²) in [7, 11) is 0. The lowest BCUT2D eigenvalue weighted by atomic mass is 10.1. The second-order valence-electron chi connectivity index (χ2n) is 3.98. The van der Waals surface area contributed by atoms with Crippen molar-refractivity contribution in [1.29, 1.82) is 0 Å². The number of carbonyl (C=O) groups excluding carboxylic acids is 1. The SMILES string of the molecule is O=C(/C=C/Nc1ccc(F)c(F)c1)c1ccc(F)cc1. The van der Waals surface area contributed by atoms with Gasteiger partial charge in [-0.3, -0.25) is 4.79 Å². The van der Waals surface area contributed by atoms with Crippen LogP contribution in [-0.4, -0.2) is 5.78 Å². The largest absolute Gasteiger partial charge is 0.361 e. The standard InChI is InChI=1S/C15H10F3NO/c16-11-3-1-10(2-4-11)15(20)7-8-19-12-5-6-13(17)14(18)9-12/h1-9,19H/b8-7+. The topological polar surface area (TPSA) is 29.1 Å². The van der Waals surface area contributed by atoms with Gasteiger partial charge in [0, 0.05) is 29.6 Å². The highest BCUT2D eigenvalue weighted by atomic mass is 19.2. The Morgan fingerprint density at radius 3 is 2.30 bits per heavy atom. The van der Waals surface area contributed by atoms with E-state index in [4.69, 9.17) is 0 Å². The third-order valence-corrected chi connectivity index (χ3v) is 2.53. The van der Waals surface area contributed by atoms with E-state index in [2.05, 4.69) is 5.32 Å². The smallest absolute Gasteiger partial charge is 0.187 e. The van der Waals surface area contributed by atoms with E-state index < -0.39 is 17.5 Å². The number of halogens is 3. The molecule has 102 valence electrons. The molecule has 0 bridgehead atoms. The average Bonchev–Trinajstić information content (AvgIpc) is 2.43. The second kappa shape index (κ2) is 6.06. The number of hydrogen-bond donors (Lipinski definition) is 1. The highest BCUT2D eigenvalue weighted by Crippen LogP contribution is 2.13. The minimum atomic E-state index is -0.978. The Hall–Kier alpha value is -2.56. The average molecular weight is 277 g/mol. The van der Waals surface area contributed by atoms with E-state index in [-0.39, 0.29) is 5.78 Å². The number of nitrogens with one attached hydrogen (secondary N) is 1. The molecule has 2 rings (SSSR count). The molecule has 0 heterocycles. The summed E-state index contributed by atoms with van der Waals surface area (Å²) >= 11 is 0. The molecule has 0 radical (unpaired) electrons. The summed E-state index contributed by atoms with van der Waals surface area (Å²) in [5.74, 6) is -2.68. The van der Waals surface area contributed by atoms with Crippen molar-refractivity contribution in [2.75, 3.05) is 5.32 Å². The molecule has 0 aromatic heterocycles. The van der Waals surface area contributed by atoms with Crippen LogP contribution < -0.4 is 5.32 Å². The fourth-order valence-corrected chi connectivity index (χ4v) is 1.51. The molecule has 0 saturated heterocycles. The van der Waals surface area contributed by atoms with Crippen LogP contribution in [0.2, 0.25) is 0 Å². The zero-order valence-corrected chi connectivity index (χ0v) is 10.2. The van der Waals surface area contributed by atoms with Gasteiger partial charge in [-0.2, -0.15) is 0 Å². The normalized spacial score (nSPS) is 10.8. The highest BCUT2D eigenvalue weighted by Gasteiger charge is 2.02. The number of anilines is 1. The first-order valence-electron chi connectivity index (χ1n) is 5.74. The van der Waals surface area contributed by atoms with E-state index in [0.717, 1.165) is 12.1 Å². The monoisotopic (exact) mass is 277 g/mol. The fourth-order valence-electron chi connectivity index (χ4n) is 1.51. The van der Waals surface area contributed by atoms with E-state index >= 15 is 0 Å². The number of hydrogen-bond acceptors (Lipinski definition) is 2. The Morgan fingerprint density at radius 2 is 1.65 bits per heavy atom. The molecule has 0 spiro atoms. The predicted octanol–water partition coefficient (Wildman–Crippen LogP) is 3.91. The molecule has 5 heteroatoms. The van der Waals surface area contributed by atoms with Crippen molar-refractivity contribution in [2.24, 2.45) is 0 Å². The number of rotatable bonds is 4. The van der Waals surface area contributed by atoms with Crippen molar-refractivity contribution in [3.63, 3.8) is 0 Å². The first-order chi connectivity index (χ1) is 9.56. The Bertz CT molecular complexity index is 651. The maximum absolute atomic E-state index is 12.9. The number of ketones is 1. The summed E-state index contributed by atoms with van der Waals surface area (Å²) in [4.78, 5) is 11.7. The Morgan fingerprint density at radius 1 is 0.950 bits per heavy atom. The van der Waals surface area contributed by atoms with Gasteiger partial charge in [-0.25, -0.2) is 13.2 Å². The Kier molecular flexibility index (Phi) is 4.20. The Balaban J connectivity index is 2.00. The third kappa shape index (κ3) is 3.47. The first-order valence-corrected chi connectivity index (χ1v) is 5.74. The van der Waals surface area contributed by atoms with E-state index in [1.165, 1.54) is 42.6 Å². The summed E-state index contributed by atoms with van der Waals surface area (Å²) in [6.07, 6.45) is 2.52. The molecule has 2 nitrogen and oxygen atoms in total. The van der Waals surface area contributed by atoms with Crippen LogP contribution >= 0.6 is 0 Å². The Labute approximate surface area is 113 Å². The van der Waals surface area contributed by atoms with Gasteiger partial charge in [-0.1, -0.05) is 0 Å². The van der Waals surface area contributed by atoms with Crippen molar-refractivity contribution < 1.29 is 18.0 Å². The van der Waals surface area contributed by atoms with Crippen LogP contribution in [0.25, 0.3) is 0 Å². The molecular weight excluding hydrogens is 267 g/mol. The number of allylic oxidation sites excluding steroid dienone is 1. The fraction of sp³-hybridized carbons (Fsp3) is 0. The van der Waals surface area contributed by atoms with Crippen molar-refractivity contribution >= 4 is 11.5 Å². The second-order valence-corrected chi connectivity index (χ2v) is 3.98. The zero-order valence-electron chi connectivity index (χ0n) is 10.2. The molecule has 20 heavy (non-hydrogen) atoms. The lowest BCUT2D eigenvalue weighted by Gasteiger charge is -2.01. The van der Waals surface area contributed by atoms with Gasteiger partial charge >= 0.3 is 0 Å². The van der Waals surface area contributed by atoms with Gasteiger partial charge in [0.05, 0.1) is 0 Å². The van der Waals surface area contributed by atoms with Crippen LogP contribution in [0.15, 0.2) is 54.7 Å². The van der Waals surface area contributed by atoms with Gasteiger partial charge in [0.1, 0.15) is 5.82 Å². The lowest BCUT2D eigenvalue weighted by Crippen LogP contribution is -1.97. The van der Waals surface area contributed by atoms with Crippen LogP contribution in [0.1, 0.15) is 10.4 Å². The summed E-state index contributed by atoms with van der Waals surface area (Å²) < 4.78 is 38.3. The van der Waals surface area contributed by atoms with Crippen molar-refractivity contribution in [3.05, 3.63) is 77.8 Å². The minimum Gasteiger partial charge on any atom is -0.361 e. The molecule has 0 aliphatic carbocycles. The van der Waals surface area contributed by atoms with E-state index in [1.54, 1.807) is 0 Å². The molecule has 0 atom stereocenters. The van der Waals surface area contributed by atoms with Gasteiger partial charge < -0.3 is 5.32 Å². The molecular formula is C15H10F3NO. The maximum Gasteiger partial charge on any atom is 0.187 e. The minimum absolute atomic E-state index is 0.312. The third-order valence-electron chi connectivity index (χ3n) is 2.53. The number of carbonyl (C=O) groups is 1. The van der Waals surface area contributed by atoms with Crippen molar-refractivity contribution in [2.45, 2.75) is 0 Å². The van der Waals surface area contributed by atoms with E-state index in [9.17, 15) is 18.0 Å². The maximum atomic E-state index is 12.9. The van der Waals surface area contributed by atoms with E-state index in [1.807, 2.05) is 0 Å². The van der Waals surface area contributed by atoms with Gasteiger partial charge in [0.2, 0.25) is 0 Å². The van der Waals surface area contributed by atoms with Crippen molar-refractivity contribution in [1.82, 2.24) is 0 Å². The summed E-state index contributed by atoms with van der Waals surface area (Å²) in [5, 5.41) is 2.64. The molecule has 0 amide bonds. The summed E-state index contributed by atoms with van der Waals surface area (Å²) in [5.41, 5.74) is 0.641. The molecule has 0 unspecified atom stereocenters. The van der Waals surface area contributed by atoms with Crippen LogP contribution in [0.5, 0.6) is 0 Å². The summed E-state index contributed by atoms with van der Waals surface area (Å²) in [6.45, 7) is 0. The van der Waals surface area contributed by atoms with Crippen LogP contribution in [-0.2, 0) is 0 Å². The van der Waals surface area contributed by atoms with Gasteiger partial charge in [-0.05, 0) is 36.4 Å². The van der Waals surface area contributed by atoms with Crippen LogP contribution in [0.4, 0.5) is 18.9 Å².